The standard InChI is InChI=1S/C18H38N2/c1-6-7-8-16-9-11-17(12-10-16)15-20(5)14-13-19-18(2,3)4/h16-17,19H,6-15H2,1-5H3. The van der Waals surface area contributed by atoms with Crippen molar-refractivity contribution in [3.05, 3.63) is 0 Å². The molecule has 1 aliphatic rings. The van der Waals surface area contributed by atoms with Crippen LogP contribution in [0.15, 0.2) is 0 Å². The second-order valence-electron chi connectivity index (χ2n) is 7.97. The first-order valence-corrected chi connectivity index (χ1v) is 8.84. The first-order chi connectivity index (χ1) is 9.40. The van der Waals surface area contributed by atoms with Gasteiger partial charge >= 0.3 is 0 Å². The highest BCUT2D eigenvalue weighted by Crippen LogP contribution is 2.32. The van der Waals surface area contributed by atoms with Crippen molar-refractivity contribution in [2.45, 2.75) is 78.2 Å². The van der Waals surface area contributed by atoms with Gasteiger partial charge in [0.25, 0.3) is 0 Å². The predicted octanol–water partition coefficient (Wildman–Crippen LogP) is 4.30. The van der Waals surface area contributed by atoms with Gasteiger partial charge in [-0.3, -0.25) is 0 Å². The Morgan fingerprint density at radius 3 is 2.20 bits per heavy atom. The van der Waals surface area contributed by atoms with E-state index in [1.54, 1.807) is 0 Å². The van der Waals surface area contributed by atoms with E-state index in [1.165, 1.54) is 58.0 Å². The Morgan fingerprint density at radius 2 is 1.65 bits per heavy atom. The van der Waals surface area contributed by atoms with E-state index < -0.39 is 0 Å². The summed E-state index contributed by atoms with van der Waals surface area (Å²) in [4.78, 5) is 2.52. The van der Waals surface area contributed by atoms with Gasteiger partial charge in [-0.25, -0.2) is 0 Å². The monoisotopic (exact) mass is 282 g/mol. The van der Waals surface area contributed by atoms with E-state index in [0.717, 1.165) is 18.4 Å². The fraction of sp³-hybridized carbons (Fsp3) is 1.00. The number of unbranched alkanes of at least 4 members (excludes halogenated alkanes) is 1. The molecule has 1 fully saturated rings. The molecule has 1 N–H and O–H groups in total. The van der Waals surface area contributed by atoms with E-state index in [0.29, 0.717) is 0 Å². The molecule has 0 aliphatic heterocycles. The van der Waals surface area contributed by atoms with Gasteiger partial charge in [0.15, 0.2) is 0 Å². The highest BCUT2D eigenvalue weighted by molar-refractivity contribution is 4.76. The molecule has 0 heterocycles. The summed E-state index contributed by atoms with van der Waals surface area (Å²) in [6, 6.07) is 0. The Labute approximate surface area is 127 Å². The lowest BCUT2D eigenvalue weighted by Crippen LogP contribution is -2.41. The molecule has 1 saturated carbocycles. The van der Waals surface area contributed by atoms with E-state index >= 15 is 0 Å². The minimum absolute atomic E-state index is 0.248. The van der Waals surface area contributed by atoms with Crippen LogP contribution in [-0.4, -0.2) is 37.1 Å². The zero-order valence-electron chi connectivity index (χ0n) is 14.7. The molecule has 20 heavy (non-hydrogen) atoms. The minimum atomic E-state index is 0.248. The molecule has 0 bridgehead atoms. The second kappa shape index (κ2) is 9.04. The predicted molar refractivity (Wildman–Crippen MR) is 90.2 cm³/mol. The van der Waals surface area contributed by atoms with Gasteiger partial charge in [-0.05, 0) is 52.5 Å². The summed E-state index contributed by atoms with van der Waals surface area (Å²) in [7, 11) is 2.29. The molecule has 0 aromatic rings. The van der Waals surface area contributed by atoms with Crippen LogP contribution in [0.5, 0.6) is 0 Å². The molecule has 2 nitrogen and oxygen atoms in total. The van der Waals surface area contributed by atoms with Crippen LogP contribution < -0.4 is 5.32 Å². The average Bonchev–Trinajstić information content (AvgIpc) is 2.36. The largest absolute Gasteiger partial charge is 0.311 e. The van der Waals surface area contributed by atoms with Crippen molar-refractivity contribution < 1.29 is 0 Å². The van der Waals surface area contributed by atoms with Crippen LogP contribution in [0.4, 0.5) is 0 Å². The van der Waals surface area contributed by atoms with Crippen LogP contribution >= 0.6 is 0 Å². The lowest BCUT2D eigenvalue weighted by Gasteiger charge is -2.32. The third kappa shape index (κ3) is 8.26. The molecule has 0 atom stereocenters. The SMILES string of the molecule is CCCCC1CCC(CN(C)CCNC(C)(C)C)CC1. The maximum absolute atomic E-state index is 3.58. The third-order valence-electron chi connectivity index (χ3n) is 4.65. The molecule has 0 amide bonds. The van der Waals surface area contributed by atoms with Crippen LogP contribution in [0.2, 0.25) is 0 Å². The van der Waals surface area contributed by atoms with Gasteiger partial charge in [0.05, 0.1) is 0 Å². The fourth-order valence-corrected chi connectivity index (χ4v) is 3.35. The van der Waals surface area contributed by atoms with Gasteiger partial charge in [0.2, 0.25) is 0 Å². The topological polar surface area (TPSA) is 15.3 Å². The zero-order valence-corrected chi connectivity index (χ0v) is 14.7. The van der Waals surface area contributed by atoms with E-state index in [4.69, 9.17) is 0 Å². The van der Waals surface area contributed by atoms with Crippen LogP contribution in [0.1, 0.15) is 72.6 Å². The highest BCUT2D eigenvalue weighted by Gasteiger charge is 2.21. The van der Waals surface area contributed by atoms with Crippen LogP contribution in [0, 0.1) is 11.8 Å². The summed E-state index contributed by atoms with van der Waals surface area (Å²) < 4.78 is 0. The smallest absolute Gasteiger partial charge is 0.0104 e. The zero-order chi connectivity index (χ0) is 15.0. The molecular weight excluding hydrogens is 244 g/mol. The molecular formula is C18H38N2. The van der Waals surface area contributed by atoms with E-state index in [1.807, 2.05) is 0 Å². The average molecular weight is 283 g/mol. The molecule has 0 aromatic carbocycles. The minimum Gasteiger partial charge on any atom is -0.311 e. The Hall–Kier alpha value is -0.0800. The Bertz CT molecular complexity index is 236. The number of rotatable bonds is 8. The van der Waals surface area contributed by atoms with Crippen molar-refractivity contribution in [2.24, 2.45) is 11.8 Å². The first kappa shape index (κ1) is 18.0. The maximum Gasteiger partial charge on any atom is 0.0104 e. The Kier molecular flexibility index (Phi) is 8.13. The lowest BCUT2D eigenvalue weighted by molar-refractivity contribution is 0.195. The molecule has 2 heteroatoms. The van der Waals surface area contributed by atoms with Crippen molar-refractivity contribution in [1.29, 1.82) is 0 Å². The van der Waals surface area contributed by atoms with E-state index in [2.05, 4.69) is 45.0 Å². The van der Waals surface area contributed by atoms with E-state index in [-0.39, 0.29) is 5.54 Å². The van der Waals surface area contributed by atoms with Crippen LogP contribution in [0.25, 0.3) is 0 Å². The molecule has 0 aromatic heterocycles. The molecule has 0 saturated heterocycles. The number of likely N-dealkylation sites (N-methyl/N-ethyl adjacent to an activating group) is 1. The lowest BCUT2D eigenvalue weighted by atomic mass is 9.79. The number of hydrogen-bond acceptors (Lipinski definition) is 2. The highest BCUT2D eigenvalue weighted by atomic mass is 15.1. The van der Waals surface area contributed by atoms with Gasteiger partial charge in [-0.1, -0.05) is 39.0 Å². The molecule has 120 valence electrons. The first-order valence-electron chi connectivity index (χ1n) is 8.84. The number of hydrogen-bond donors (Lipinski definition) is 1. The maximum atomic E-state index is 3.58. The summed E-state index contributed by atoms with van der Waals surface area (Å²) in [5, 5.41) is 3.58. The van der Waals surface area contributed by atoms with Crippen molar-refractivity contribution in [3.63, 3.8) is 0 Å². The van der Waals surface area contributed by atoms with Gasteiger partial charge in [0, 0.05) is 25.2 Å². The molecule has 0 radical (unpaired) electrons. The number of nitrogens with zero attached hydrogens (tertiary/aromatic N) is 1. The summed E-state index contributed by atoms with van der Waals surface area (Å²) in [5.74, 6) is 1.99. The molecule has 0 unspecified atom stereocenters. The van der Waals surface area contributed by atoms with Crippen LogP contribution in [0.3, 0.4) is 0 Å². The van der Waals surface area contributed by atoms with E-state index in [9.17, 15) is 0 Å². The quantitative estimate of drug-likeness (QED) is 0.714. The normalized spacial score (nSPS) is 24.3. The Morgan fingerprint density at radius 1 is 1.05 bits per heavy atom. The van der Waals surface area contributed by atoms with Crippen molar-refractivity contribution in [2.75, 3.05) is 26.7 Å². The summed E-state index contributed by atoms with van der Waals surface area (Å²) in [6.07, 6.45) is 10.2. The van der Waals surface area contributed by atoms with Crippen molar-refractivity contribution in [1.82, 2.24) is 10.2 Å². The summed E-state index contributed by atoms with van der Waals surface area (Å²) in [5.41, 5.74) is 0.248. The number of nitrogens with one attached hydrogen (secondary N) is 1. The third-order valence-corrected chi connectivity index (χ3v) is 4.65. The molecule has 0 spiro atoms. The second-order valence-corrected chi connectivity index (χ2v) is 7.97. The van der Waals surface area contributed by atoms with Gasteiger partial charge in [-0.2, -0.15) is 0 Å². The molecule has 1 rings (SSSR count). The van der Waals surface area contributed by atoms with Crippen molar-refractivity contribution >= 4 is 0 Å². The Balaban J connectivity index is 2.10. The fourth-order valence-electron chi connectivity index (χ4n) is 3.35. The van der Waals surface area contributed by atoms with Crippen LogP contribution in [-0.2, 0) is 0 Å². The van der Waals surface area contributed by atoms with Gasteiger partial charge in [0.1, 0.15) is 0 Å². The van der Waals surface area contributed by atoms with Gasteiger partial charge < -0.3 is 10.2 Å². The van der Waals surface area contributed by atoms with Crippen molar-refractivity contribution in [3.8, 4) is 0 Å². The van der Waals surface area contributed by atoms with Gasteiger partial charge in [-0.15, -0.1) is 0 Å². The summed E-state index contributed by atoms with van der Waals surface area (Å²) >= 11 is 0. The molecule has 1 aliphatic carbocycles. The summed E-state index contributed by atoms with van der Waals surface area (Å²) in [6.45, 7) is 12.6.